The Kier molecular flexibility index (Phi) is 3.12. The second-order valence-corrected chi connectivity index (χ2v) is 3.39. The normalized spacial score (nSPS) is 10.5. The molecule has 0 atom stereocenters. The van der Waals surface area contributed by atoms with Gasteiger partial charge in [-0.25, -0.2) is 4.98 Å². The minimum absolute atomic E-state index is 0.491. The molecule has 1 heterocycles. The van der Waals surface area contributed by atoms with E-state index in [1.807, 2.05) is 13.1 Å². The SMILES string of the molecule is CCNc1cc(C(C)C)cnc1N. The first-order valence-corrected chi connectivity index (χ1v) is 4.64. The molecule has 72 valence electrons. The van der Waals surface area contributed by atoms with Crippen LogP contribution in [0.3, 0.4) is 0 Å². The fourth-order valence-electron chi connectivity index (χ4n) is 1.14. The van der Waals surface area contributed by atoms with E-state index in [9.17, 15) is 0 Å². The molecule has 3 nitrogen and oxygen atoms in total. The minimum Gasteiger partial charge on any atom is -0.382 e. The molecule has 1 aromatic rings. The summed E-state index contributed by atoms with van der Waals surface area (Å²) in [5.74, 6) is 1.07. The van der Waals surface area contributed by atoms with Crippen LogP contribution in [0.2, 0.25) is 0 Å². The topological polar surface area (TPSA) is 50.9 Å². The largest absolute Gasteiger partial charge is 0.382 e. The molecular weight excluding hydrogens is 162 g/mol. The average molecular weight is 179 g/mol. The summed E-state index contributed by atoms with van der Waals surface area (Å²) in [4.78, 5) is 4.13. The standard InChI is InChI=1S/C10H17N3/c1-4-12-9-5-8(7(2)3)6-13-10(9)11/h5-7,12H,4H2,1-3H3,(H2,11,13). The summed E-state index contributed by atoms with van der Waals surface area (Å²) in [5.41, 5.74) is 7.85. The number of nitrogen functional groups attached to an aromatic ring is 1. The van der Waals surface area contributed by atoms with E-state index in [4.69, 9.17) is 5.73 Å². The van der Waals surface area contributed by atoms with Gasteiger partial charge in [0.1, 0.15) is 5.82 Å². The quantitative estimate of drug-likeness (QED) is 0.748. The molecule has 1 aromatic heterocycles. The number of hydrogen-bond donors (Lipinski definition) is 2. The Hall–Kier alpha value is -1.25. The van der Waals surface area contributed by atoms with Crippen molar-refractivity contribution in [2.45, 2.75) is 26.7 Å². The maximum Gasteiger partial charge on any atom is 0.146 e. The Balaban J connectivity index is 2.97. The monoisotopic (exact) mass is 179 g/mol. The maximum atomic E-state index is 5.70. The van der Waals surface area contributed by atoms with Crippen LogP contribution in [0.1, 0.15) is 32.3 Å². The van der Waals surface area contributed by atoms with Crippen LogP contribution in [0.25, 0.3) is 0 Å². The number of pyridine rings is 1. The molecule has 0 saturated carbocycles. The third kappa shape index (κ3) is 2.34. The zero-order valence-electron chi connectivity index (χ0n) is 8.46. The maximum absolute atomic E-state index is 5.70. The Morgan fingerprint density at radius 2 is 2.23 bits per heavy atom. The van der Waals surface area contributed by atoms with Gasteiger partial charge in [0.2, 0.25) is 0 Å². The molecule has 1 rings (SSSR count). The van der Waals surface area contributed by atoms with Crippen LogP contribution in [0.4, 0.5) is 11.5 Å². The van der Waals surface area contributed by atoms with Crippen molar-refractivity contribution in [1.82, 2.24) is 4.98 Å². The minimum atomic E-state index is 0.491. The van der Waals surface area contributed by atoms with Gasteiger partial charge in [-0.15, -0.1) is 0 Å². The lowest BCUT2D eigenvalue weighted by Crippen LogP contribution is -2.04. The second kappa shape index (κ2) is 4.12. The van der Waals surface area contributed by atoms with E-state index in [0.29, 0.717) is 11.7 Å². The van der Waals surface area contributed by atoms with Gasteiger partial charge in [0, 0.05) is 12.7 Å². The van der Waals surface area contributed by atoms with E-state index in [-0.39, 0.29) is 0 Å². The summed E-state index contributed by atoms with van der Waals surface area (Å²) in [6, 6.07) is 2.07. The van der Waals surface area contributed by atoms with E-state index < -0.39 is 0 Å². The molecule has 0 amide bonds. The van der Waals surface area contributed by atoms with Crippen LogP contribution in [0.15, 0.2) is 12.3 Å². The first-order chi connectivity index (χ1) is 6.15. The smallest absolute Gasteiger partial charge is 0.146 e. The van der Waals surface area contributed by atoms with E-state index in [0.717, 1.165) is 12.2 Å². The number of nitrogens with two attached hydrogens (primary N) is 1. The van der Waals surface area contributed by atoms with Crippen molar-refractivity contribution < 1.29 is 0 Å². The fourth-order valence-corrected chi connectivity index (χ4v) is 1.14. The molecule has 0 aliphatic rings. The molecule has 0 aliphatic heterocycles. The van der Waals surface area contributed by atoms with Crippen LogP contribution in [0, 0.1) is 0 Å². The van der Waals surface area contributed by atoms with Crippen molar-refractivity contribution in [3.05, 3.63) is 17.8 Å². The fraction of sp³-hybridized carbons (Fsp3) is 0.500. The van der Waals surface area contributed by atoms with Gasteiger partial charge in [-0.1, -0.05) is 13.8 Å². The molecule has 0 saturated heterocycles. The highest BCUT2D eigenvalue weighted by Gasteiger charge is 2.03. The molecule has 0 radical (unpaired) electrons. The van der Waals surface area contributed by atoms with E-state index in [2.05, 4.69) is 30.2 Å². The van der Waals surface area contributed by atoms with Crippen molar-refractivity contribution in [2.24, 2.45) is 0 Å². The van der Waals surface area contributed by atoms with Crippen LogP contribution < -0.4 is 11.1 Å². The van der Waals surface area contributed by atoms with Crippen LogP contribution in [0.5, 0.6) is 0 Å². The summed E-state index contributed by atoms with van der Waals surface area (Å²) in [5, 5.41) is 3.18. The lowest BCUT2D eigenvalue weighted by Gasteiger charge is -2.10. The first-order valence-electron chi connectivity index (χ1n) is 4.64. The van der Waals surface area contributed by atoms with Gasteiger partial charge in [0.05, 0.1) is 5.69 Å². The molecule has 0 unspecified atom stereocenters. The van der Waals surface area contributed by atoms with Crippen LogP contribution in [-0.2, 0) is 0 Å². The molecule has 0 spiro atoms. The summed E-state index contributed by atoms with van der Waals surface area (Å²) < 4.78 is 0. The van der Waals surface area contributed by atoms with Crippen molar-refractivity contribution in [3.8, 4) is 0 Å². The molecule has 3 heteroatoms. The third-order valence-electron chi connectivity index (χ3n) is 1.97. The highest BCUT2D eigenvalue weighted by Crippen LogP contribution is 2.21. The number of aromatic nitrogens is 1. The lowest BCUT2D eigenvalue weighted by atomic mass is 10.1. The number of nitrogens with zero attached hydrogens (tertiary/aromatic N) is 1. The summed E-state index contributed by atoms with van der Waals surface area (Å²) in [6.07, 6.45) is 1.83. The lowest BCUT2D eigenvalue weighted by molar-refractivity contribution is 0.859. The van der Waals surface area contributed by atoms with E-state index >= 15 is 0 Å². The molecule has 3 N–H and O–H groups in total. The first kappa shape index (κ1) is 9.84. The van der Waals surface area contributed by atoms with E-state index in [1.54, 1.807) is 0 Å². The summed E-state index contributed by atoms with van der Waals surface area (Å²) in [6.45, 7) is 7.20. The van der Waals surface area contributed by atoms with E-state index in [1.165, 1.54) is 5.56 Å². The number of rotatable bonds is 3. The van der Waals surface area contributed by atoms with Gasteiger partial charge in [0.15, 0.2) is 0 Å². The Morgan fingerprint density at radius 3 is 2.77 bits per heavy atom. The van der Waals surface area contributed by atoms with Crippen molar-refractivity contribution in [1.29, 1.82) is 0 Å². The van der Waals surface area contributed by atoms with Crippen molar-refractivity contribution in [2.75, 3.05) is 17.6 Å². The van der Waals surface area contributed by atoms with Gasteiger partial charge in [-0.2, -0.15) is 0 Å². The Bertz CT molecular complexity index is 281. The predicted octanol–water partition coefficient (Wildman–Crippen LogP) is 2.22. The molecule has 13 heavy (non-hydrogen) atoms. The second-order valence-electron chi connectivity index (χ2n) is 3.39. The highest BCUT2D eigenvalue weighted by molar-refractivity contribution is 5.62. The van der Waals surface area contributed by atoms with Gasteiger partial charge in [0.25, 0.3) is 0 Å². The number of anilines is 2. The van der Waals surface area contributed by atoms with Crippen molar-refractivity contribution in [3.63, 3.8) is 0 Å². The van der Waals surface area contributed by atoms with Crippen molar-refractivity contribution >= 4 is 11.5 Å². The molecule has 0 aliphatic carbocycles. The predicted molar refractivity (Wildman–Crippen MR) is 56.9 cm³/mol. The Labute approximate surface area is 79.4 Å². The number of nitrogens with one attached hydrogen (secondary N) is 1. The Morgan fingerprint density at radius 1 is 1.54 bits per heavy atom. The summed E-state index contributed by atoms with van der Waals surface area (Å²) >= 11 is 0. The zero-order valence-corrected chi connectivity index (χ0v) is 8.46. The molecule has 0 fully saturated rings. The molecular formula is C10H17N3. The number of hydrogen-bond acceptors (Lipinski definition) is 3. The third-order valence-corrected chi connectivity index (χ3v) is 1.97. The van der Waals surface area contributed by atoms with Gasteiger partial charge >= 0.3 is 0 Å². The van der Waals surface area contributed by atoms with Crippen LogP contribution >= 0.6 is 0 Å². The molecule has 0 bridgehead atoms. The van der Waals surface area contributed by atoms with Crippen LogP contribution in [-0.4, -0.2) is 11.5 Å². The average Bonchev–Trinajstić information content (AvgIpc) is 2.08. The van der Waals surface area contributed by atoms with Gasteiger partial charge in [-0.3, -0.25) is 0 Å². The molecule has 0 aromatic carbocycles. The van der Waals surface area contributed by atoms with Gasteiger partial charge in [-0.05, 0) is 24.5 Å². The summed E-state index contributed by atoms with van der Waals surface area (Å²) in [7, 11) is 0. The zero-order chi connectivity index (χ0) is 9.84. The highest BCUT2D eigenvalue weighted by atomic mass is 14.9. The van der Waals surface area contributed by atoms with Gasteiger partial charge < -0.3 is 11.1 Å².